The Morgan fingerprint density at radius 2 is 2.11 bits per heavy atom. The summed E-state index contributed by atoms with van der Waals surface area (Å²) in [5.74, 6) is 0.429. The van der Waals surface area contributed by atoms with E-state index in [1.54, 1.807) is 16.8 Å². The van der Waals surface area contributed by atoms with Gasteiger partial charge < -0.3 is 34.7 Å². The molecule has 4 N–H and O–H groups in total. The van der Waals surface area contributed by atoms with E-state index in [0.717, 1.165) is 0 Å². The smallest absolute Gasteiger partial charge is 0.275 e. The molecule has 1 saturated heterocycles. The molecule has 4 atom stereocenters. The van der Waals surface area contributed by atoms with Crippen molar-refractivity contribution in [1.29, 1.82) is 0 Å². The van der Waals surface area contributed by atoms with Gasteiger partial charge in [0.05, 0.1) is 48.4 Å². The second kappa shape index (κ2) is 10.4. The highest BCUT2D eigenvalue weighted by Crippen LogP contribution is 2.43. The number of rotatable bonds is 8. The number of nitrogens with zero attached hydrogens (tertiary/aromatic N) is 4. The van der Waals surface area contributed by atoms with E-state index < -0.39 is 34.9 Å². The van der Waals surface area contributed by atoms with Gasteiger partial charge in [-0.25, -0.2) is 4.98 Å². The molecule has 200 valence electrons. The maximum atomic E-state index is 11.8. The van der Waals surface area contributed by atoms with E-state index in [2.05, 4.69) is 9.97 Å². The van der Waals surface area contributed by atoms with Crippen LogP contribution in [-0.4, -0.2) is 55.6 Å². The summed E-state index contributed by atoms with van der Waals surface area (Å²) in [5.41, 5.74) is 6.59. The minimum absolute atomic E-state index is 0.00546. The summed E-state index contributed by atoms with van der Waals surface area (Å²) < 4.78 is 19.2. The van der Waals surface area contributed by atoms with Crippen LogP contribution in [0.3, 0.4) is 0 Å². The summed E-state index contributed by atoms with van der Waals surface area (Å²) in [6.07, 6.45) is -0.986. The highest BCUT2D eigenvalue weighted by Gasteiger charge is 2.37. The number of nitro benzene ring substituents is 1. The van der Waals surface area contributed by atoms with Gasteiger partial charge >= 0.3 is 0 Å². The van der Waals surface area contributed by atoms with Gasteiger partial charge in [0, 0.05) is 24.2 Å². The summed E-state index contributed by atoms with van der Waals surface area (Å²) in [5, 5.41) is 32.1. The lowest BCUT2D eigenvalue weighted by Crippen LogP contribution is -2.24. The van der Waals surface area contributed by atoms with Gasteiger partial charge in [-0.1, -0.05) is 32.4 Å². The zero-order valence-corrected chi connectivity index (χ0v) is 21.7. The van der Waals surface area contributed by atoms with E-state index in [1.165, 1.54) is 19.2 Å². The number of benzene rings is 1. The molecule has 37 heavy (non-hydrogen) atoms. The number of methoxy groups -OCH3 is 1. The van der Waals surface area contributed by atoms with Gasteiger partial charge in [-0.3, -0.25) is 10.1 Å². The summed E-state index contributed by atoms with van der Waals surface area (Å²) in [4.78, 5) is 19.8. The molecule has 1 fully saturated rings. The minimum Gasteiger partial charge on any atom is -0.497 e. The third-order valence-electron chi connectivity index (χ3n) is 6.32. The fourth-order valence-corrected chi connectivity index (χ4v) is 4.88. The average Bonchev–Trinajstić information content (AvgIpc) is 3.38. The number of fused-ring (bicyclic) bond motifs is 1. The zero-order chi connectivity index (χ0) is 27.1. The predicted octanol–water partition coefficient (Wildman–Crippen LogP) is 3.53. The second-order valence-electron chi connectivity index (χ2n) is 9.99. The molecule has 0 aliphatic carbocycles. The Morgan fingerprint density at radius 1 is 1.38 bits per heavy atom. The highest BCUT2D eigenvalue weighted by molar-refractivity contribution is 6.34. The third-order valence-corrected chi connectivity index (χ3v) is 6.60. The van der Waals surface area contributed by atoms with E-state index in [4.69, 9.17) is 31.5 Å². The Bertz CT molecular complexity index is 1310. The normalized spacial score (nSPS) is 20.9. The van der Waals surface area contributed by atoms with Crippen LogP contribution in [0.4, 0.5) is 11.6 Å². The van der Waals surface area contributed by atoms with Gasteiger partial charge in [-0.2, -0.15) is 4.98 Å². The first-order chi connectivity index (χ1) is 17.4. The van der Waals surface area contributed by atoms with Gasteiger partial charge in [0.2, 0.25) is 5.95 Å². The monoisotopic (exact) mass is 535 g/mol. The van der Waals surface area contributed by atoms with Crippen molar-refractivity contribution in [2.75, 3.05) is 19.5 Å². The quantitative estimate of drug-likeness (QED) is 0.220. The maximum Gasteiger partial charge on any atom is 0.275 e. The van der Waals surface area contributed by atoms with E-state index in [9.17, 15) is 20.3 Å². The SMILES string of the molecule is COc1ccc([N+](=O)[O-])c([C@@H](OCc2cn([C@H]3CC(O)[C@@H](CO)O3)c3nc(N)nc(Cl)c23)C(C)(C)C)c1. The molecule has 1 aromatic carbocycles. The molecular formula is C24H30ClN5O7. The van der Waals surface area contributed by atoms with Crippen molar-refractivity contribution in [2.45, 2.75) is 58.3 Å². The molecule has 0 radical (unpaired) electrons. The van der Waals surface area contributed by atoms with Crippen molar-refractivity contribution in [1.82, 2.24) is 14.5 Å². The van der Waals surface area contributed by atoms with Crippen LogP contribution >= 0.6 is 11.6 Å². The standard InChI is InChI=1S/C24H30ClN5O7/c1-24(2,3)20(14-7-13(35-4)5-6-15(14)30(33)34)36-11-12-9-29(18-8-16(32)17(10-31)37-18)22-19(12)21(25)27-23(26)28-22/h5-7,9,16-18,20,31-32H,8,10-11H2,1-4H3,(H2,26,27,28)/t16?,17-,18-,20-/m1/s1. The molecule has 2 aromatic heterocycles. The van der Waals surface area contributed by atoms with E-state index in [-0.39, 0.29) is 36.4 Å². The van der Waals surface area contributed by atoms with Crippen LogP contribution in [0.5, 0.6) is 5.75 Å². The van der Waals surface area contributed by atoms with Crippen molar-refractivity contribution in [3.63, 3.8) is 0 Å². The van der Waals surface area contributed by atoms with Gasteiger partial charge in [-0.05, 0) is 17.5 Å². The third kappa shape index (κ3) is 5.34. The van der Waals surface area contributed by atoms with Gasteiger partial charge in [0.25, 0.3) is 5.69 Å². The number of anilines is 1. The Balaban J connectivity index is 1.75. The summed E-state index contributed by atoms with van der Waals surface area (Å²) in [6, 6.07) is 4.54. The van der Waals surface area contributed by atoms with Crippen molar-refractivity contribution in [2.24, 2.45) is 5.41 Å². The first-order valence-electron chi connectivity index (χ1n) is 11.6. The molecule has 1 unspecified atom stereocenters. The van der Waals surface area contributed by atoms with E-state index >= 15 is 0 Å². The maximum absolute atomic E-state index is 11.8. The second-order valence-corrected chi connectivity index (χ2v) is 10.3. The fourth-order valence-electron chi connectivity index (χ4n) is 4.59. The number of aliphatic hydroxyl groups is 2. The number of nitrogen functional groups attached to an aromatic ring is 1. The summed E-state index contributed by atoms with van der Waals surface area (Å²) in [7, 11) is 1.49. The number of hydrogen-bond donors (Lipinski definition) is 3. The number of nitrogens with two attached hydrogens (primary N) is 1. The van der Waals surface area contributed by atoms with Crippen LogP contribution in [-0.2, 0) is 16.1 Å². The largest absolute Gasteiger partial charge is 0.497 e. The van der Waals surface area contributed by atoms with Crippen LogP contribution in [0.15, 0.2) is 24.4 Å². The predicted molar refractivity (Wildman–Crippen MR) is 135 cm³/mol. The Kier molecular flexibility index (Phi) is 7.58. The van der Waals surface area contributed by atoms with Crippen LogP contribution in [0.1, 0.15) is 50.7 Å². The van der Waals surface area contributed by atoms with E-state index in [0.29, 0.717) is 27.9 Å². The van der Waals surface area contributed by atoms with Crippen LogP contribution in [0.25, 0.3) is 11.0 Å². The molecule has 12 nitrogen and oxygen atoms in total. The summed E-state index contributed by atoms with van der Waals surface area (Å²) in [6.45, 7) is 5.43. The lowest BCUT2D eigenvalue weighted by molar-refractivity contribution is -0.386. The number of aromatic nitrogens is 3. The summed E-state index contributed by atoms with van der Waals surface area (Å²) >= 11 is 6.46. The van der Waals surface area contributed by atoms with Crippen molar-refractivity contribution in [3.05, 3.63) is 50.8 Å². The topological polar surface area (TPSA) is 168 Å². The van der Waals surface area contributed by atoms with Gasteiger partial charge in [-0.15, -0.1) is 0 Å². The molecule has 13 heteroatoms. The van der Waals surface area contributed by atoms with Crippen LogP contribution in [0, 0.1) is 15.5 Å². The lowest BCUT2D eigenvalue weighted by atomic mass is 9.83. The molecule has 1 aliphatic rings. The number of aliphatic hydroxyl groups excluding tert-OH is 2. The van der Waals surface area contributed by atoms with Gasteiger partial charge in [0.1, 0.15) is 28.9 Å². The van der Waals surface area contributed by atoms with Gasteiger partial charge in [0.15, 0.2) is 0 Å². The number of halogens is 1. The van der Waals surface area contributed by atoms with Crippen LogP contribution < -0.4 is 10.5 Å². The molecule has 0 bridgehead atoms. The highest BCUT2D eigenvalue weighted by atomic mass is 35.5. The number of ether oxygens (including phenoxy) is 3. The Hall–Kier alpha value is -3.03. The lowest BCUT2D eigenvalue weighted by Gasteiger charge is -2.31. The first kappa shape index (κ1) is 27.0. The first-order valence-corrected chi connectivity index (χ1v) is 12.0. The zero-order valence-electron chi connectivity index (χ0n) is 20.9. The molecular weight excluding hydrogens is 506 g/mol. The fraction of sp³-hybridized carbons (Fsp3) is 0.500. The van der Waals surface area contributed by atoms with Crippen molar-refractivity contribution < 1.29 is 29.3 Å². The molecule has 3 heterocycles. The molecule has 3 aromatic rings. The Labute approximate surface area is 218 Å². The molecule has 0 spiro atoms. The molecule has 1 aliphatic heterocycles. The number of nitro groups is 1. The Morgan fingerprint density at radius 3 is 2.70 bits per heavy atom. The molecule has 0 amide bonds. The minimum atomic E-state index is -0.860. The molecule has 4 rings (SSSR count). The van der Waals surface area contributed by atoms with E-state index in [1.807, 2.05) is 20.8 Å². The number of hydrogen-bond acceptors (Lipinski definition) is 10. The van der Waals surface area contributed by atoms with Crippen LogP contribution in [0.2, 0.25) is 5.15 Å². The van der Waals surface area contributed by atoms with Crippen molar-refractivity contribution >= 4 is 34.3 Å². The average molecular weight is 536 g/mol. The molecule has 0 saturated carbocycles. The van der Waals surface area contributed by atoms with Crippen molar-refractivity contribution in [3.8, 4) is 5.75 Å².